The largest absolute Gasteiger partial charge is 0.348 e. The van der Waals surface area contributed by atoms with Crippen LogP contribution < -0.4 is 11.1 Å². The zero-order valence-electron chi connectivity index (χ0n) is 8.97. The third-order valence-corrected chi connectivity index (χ3v) is 3.65. The van der Waals surface area contributed by atoms with Crippen molar-refractivity contribution in [2.75, 3.05) is 6.54 Å². The van der Waals surface area contributed by atoms with Crippen molar-refractivity contribution in [3.05, 3.63) is 31.8 Å². The van der Waals surface area contributed by atoms with Crippen molar-refractivity contribution in [3.63, 3.8) is 0 Å². The van der Waals surface area contributed by atoms with Crippen molar-refractivity contribution in [1.29, 1.82) is 0 Å². The Morgan fingerprint density at radius 2 is 2.31 bits per heavy atom. The first-order valence-corrected chi connectivity index (χ1v) is 6.91. The molecule has 1 atom stereocenters. The molecule has 1 rings (SSSR count). The molecule has 0 aliphatic rings. The van der Waals surface area contributed by atoms with E-state index in [4.69, 9.17) is 5.73 Å². The van der Waals surface area contributed by atoms with E-state index >= 15 is 0 Å². The van der Waals surface area contributed by atoms with E-state index in [0.29, 0.717) is 12.1 Å². The molecule has 0 radical (unpaired) electrons. The van der Waals surface area contributed by atoms with Gasteiger partial charge in [0, 0.05) is 20.6 Å². The van der Waals surface area contributed by atoms with Gasteiger partial charge in [-0.15, -0.1) is 0 Å². The summed E-state index contributed by atoms with van der Waals surface area (Å²) in [5.41, 5.74) is 6.20. The van der Waals surface area contributed by atoms with E-state index in [2.05, 4.69) is 43.8 Å². The smallest absolute Gasteiger partial charge is 0.252 e. The highest BCUT2D eigenvalue weighted by atomic mass is 127. The van der Waals surface area contributed by atoms with Crippen LogP contribution in [0.15, 0.2) is 22.7 Å². The van der Waals surface area contributed by atoms with Gasteiger partial charge in [0.1, 0.15) is 0 Å². The second-order valence-electron chi connectivity index (χ2n) is 3.44. The number of amides is 1. The minimum absolute atomic E-state index is 0.0391. The Morgan fingerprint density at radius 1 is 1.62 bits per heavy atom. The van der Waals surface area contributed by atoms with Crippen molar-refractivity contribution in [3.8, 4) is 0 Å². The maximum atomic E-state index is 11.9. The normalized spacial score (nSPS) is 12.2. The lowest BCUT2D eigenvalue weighted by Crippen LogP contribution is -2.39. The first-order chi connectivity index (χ1) is 7.58. The van der Waals surface area contributed by atoms with Crippen LogP contribution in [0.1, 0.15) is 23.7 Å². The molecule has 0 aliphatic heterocycles. The fourth-order valence-electron chi connectivity index (χ4n) is 1.26. The summed E-state index contributed by atoms with van der Waals surface area (Å²) in [5.74, 6) is -0.0808. The molecule has 0 fully saturated rings. The summed E-state index contributed by atoms with van der Waals surface area (Å²) < 4.78 is 1.84. The third kappa shape index (κ3) is 3.71. The molecule has 0 aromatic heterocycles. The first-order valence-electron chi connectivity index (χ1n) is 5.04. The van der Waals surface area contributed by atoms with Crippen LogP contribution in [0.5, 0.6) is 0 Å². The topological polar surface area (TPSA) is 55.1 Å². The van der Waals surface area contributed by atoms with Gasteiger partial charge in [-0.2, -0.15) is 0 Å². The van der Waals surface area contributed by atoms with Gasteiger partial charge in [-0.25, -0.2) is 0 Å². The molecule has 3 N–H and O–H groups in total. The summed E-state index contributed by atoms with van der Waals surface area (Å²) in [6.07, 6.45) is 0.837. The zero-order valence-corrected chi connectivity index (χ0v) is 12.7. The van der Waals surface area contributed by atoms with Gasteiger partial charge >= 0.3 is 0 Å². The van der Waals surface area contributed by atoms with Crippen molar-refractivity contribution < 1.29 is 4.79 Å². The summed E-state index contributed by atoms with van der Waals surface area (Å²) in [7, 11) is 0. The molecule has 0 spiro atoms. The van der Waals surface area contributed by atoms with Crippen LogP contribution in [0.3, 0.4) is 0 Å². The SMILES string of the molecule is CCC(CN)NC(=O)c1cc(I)ccc1Br. The van der Waals surface area contributed by atoms with E-state index < -0.39 is 0 Å². The number of hydrogen-bond acceptors (Lipinski definition) is 2. The second-order valence-corrected chi connectivity index (χ2v) is 5.54. The highest BCUT2D eigenvalue weighted by Crippen LogP contribution is 2.19. The number of hydrogen-bond donors (Lipinski definition) is 2. The average Bonchev–Trinajstić information content (AvgIpc) is 2.28. The van der Waals surface area contributed by atoms with Gasteiger partial charge in [-0.05, 0) is 63.1 Å². The van der Waals surface area contributed by atoms with Gasteiger partial charge < -0.3 is 11.1 Å². The minimum Gasteiger partial charge on any atom is -0.348 e. The molecule has 0 saturated heterocycles. The van der Waals surface area contributed by atoms with Crippen molar-refractivity contribution in [2.24, 2.45) is 5.73 Å². The molecule has 88 valence electrons. The van der Waals surface area contributed by atoms with E-state index in [1.54, 1.807) is 0 Å². The molecule has 3 nitrogen and oxygen atoms in total. The Balaban J connectivity index is 2.83. The van der Waals surface area contributed by atoms with Gasteiger partial charge in [0.15, 0.2) is 0 Å². The molecular formula is C11H14BrIN2O. The van der Waals surface area contributed by atoms with Crippen LogP contribution >= 0.6 is 38.5 Å². The predicted octanol–water partition coefficient (Wildman–Crippen LogP) is 2.52. The molecule has 0 heterocycles. The van der Waals surface area contributed by atoms with E-state index in [1.807, 2.05) is 25.1 Å². The Bertz CT molecular complexity index is 380. The Morgan fingerprint density at radius 3 is 2.88 bits per heavy atom. The van der Waals surface area contributed by atoms with Gasteiger partial charge in [-0.3, -0.25) is 4.79 Å². The zero-order chi connectivity index (χ0) is 12.1. The fourth-order valence-corrected chi connectivity index (χ4v) is 2.18. The molecule has 1 aromatic carbocycles. The van der Waals surface area contributed by atoms with E-state index in [-0.39, 0.29) is 11.9 Å². The number of benzene rings is 1. The number of rotatable bonds is 4. The standard InChI is InChI=1S/C11H14BrIN2O/c1-2-8(6-14)15-11(16)9-5-7(13)3-4-10(9)12/h3-5,8H,2,6,14H2,1H3,(H,15,16). The van der Waals surface area contributed by atoms with E-state index in [1.165, 1.54) is 0 Å². The lowest BCUT2D eigenvalue weighted by Gasteiger charge is -2.15. The van der Waals surface area contributed by atoms with Crippen LogP contribution in [-0.4, -0.2) is 18.5 Å². The van der Waals surface area contributed by atoms with E-state index in [9.17, 15) is 4.79 Å². The molecule has 16 heavy (non-hydrogen) atoms. The Kier molecular flexibility index (Phi) is 5.71. The maximum absolute atomic E-state index is 11.9. The predicted molar refractivity (Wildman–Crippen MR) is 77.5 cm³/mol. The summed E-state index contributed by atoms with van der Waals surface area (Å²) >= 11 is 5.55. The monoisotopic (exact) mass is 396 g/mol. The van der Waals surface area contributed by atoms with Gasteiger partial charge in [0.25, 0.3) is 5.91 Å². The molecule has 0 aliphatic carbocycles. The van der Waals surface area contributed by atoms with Crippen molar-refractivity contribution >= 4 is 44.4 Å². The molecule has 5 heteroatoms. The van der Waals surface area contributed by atoms with E-state index in [0.717, 1.165) is 14.5 Å². The molecule has 1 aromatic rings. The Hall–Kier alpha value is -0.140. The van der Waals surface area contributed by atoms with Crippen LogP contribution in [-0.2, 0) is 0 Å². The number of nitrogens with two attached hydrogens (primary N) is 1. The number of carbonyl (C=O) groups is 1. The summed E-state index contributed by atoms with van der Waals surface area (Å²) in [6, 6.07) is 5.71. The molecule has 1 unspecified atom stereocenters. The Labute approximate surface area is 117 Å². The third-order valence-electron chi connectivity index (χ3n) is 2.29. The maximum Gasteiger partial charge on any atom is 0.252 e. The number of halogens is 2. The highest BCUT2D eigenvalue weighted by Gasteiger charge is 2.13. The van der Waals surface area contributed by atoms with Crippen LogP contribution in [0.4, 0.5) is 0 Å². The van der Waals surface area contributed by atoms with Crippen molar-refractivity contribution in [2.45, 2.75) is 19.4 Å². The number of carbonyl (C=O) groups excluding carboxylic acids is 1. The van der Waals surface area contributed by atoms with Gasteiger partial charge in [0.05, 0.1) is 5.56 Å². The molecule has 0 bridgehead atoms. The highest BCUT2D eigenvalue weighted by molar-refractivity contribution is 14.1. The van der Waals surface area contributed by atoms with Gasteiger partial charge in [0.2, 0.25) is 0 Å². The molecule has 0 saturated carbocycles. The number of nitrogens with one attached hydrogen (secondary N) is 1. The first kappa shape index (κ1) is 13.9. The summed E-state index contributed by atoms with van der Waals surface area (Å²) in [4.78, 5) is 11.9. The van der Waals surface area contributed by atoms with Crippen LogP contribution in [0, 0.1) is 3.57 Å². The lowest BCUT2D eigenvalue weighted by molar-refractivity contribution is 0.0936. The molecular weight excluding hydrogens is 383 g/mol. The van der Waals surface area contributed by atoms with Gasteiger partial charge in [-0.1, -0.05) is 6.92 Å². The van der Waals surface area contributed by atoms with Crippen LogP contribution in [0.2, 0.25) is 0 Å². The van der Waals surface area contributed by atoms with Crippen molar-refractivity contribution in [1.82, 2.24) is 5.32 Å². The second kappa shape index (κ2) is 6.56. The van der Waals surface area contributed by atoms with Crippen LogP contribution in [0.25, 0.3) is 0 Å². The minimum atomic E-state index is -0.0808. The lowest BCUT2D eigenvalue weighted by atomic mass is 10.1. The average molecular weight is 397 g/mol. The summed E-state index contributed by atoms with van der Waals surface area (Å²) in [5, 5.41) is 2.90. The fraction of sp³-hybridized carbons (Fsp3) is 0.364. The summed E-state index contributed by atoms with van der Waals surface area (Å²) in [6.45, 7) is 2.46. The quantitative estimate of drug-likeness (QED) is 0.768. The molecule has 1 amide bonds.